The molecule has 27 heavy (non-hydrogen) atoms. The molecule has 0 saturated carbocycles. The third kappa shape index (κ3) is 3.72. The molecule has 4 rings (SSSR count). The van der Waals surface area contributed by atoms with Crippen LogP contribution in [-0.4, -0.2) is 57.8 Å². The summed E-state index contributed by atoms with van der Waals surface area (Å²) in [5.41, 5.74) is 3.08. The van der Waals surface area contributed by atoms with Crippen LogP contribution >= 0.6 is 0 Å². The molecule has 7 nitrogen and oxygen atoms in total. The van der Waals surface area contributed by atoms with E-state index < -0.39 is 0 Å². The highest BCUT2D eigenvalue weighted by molar-refractivity contribution is 5.94. The van der Waals surface area contributed by atoms with Crippen molar-refractivity contribution < 1.29 is 14.0 Å². The van der Waals surface area contributed by atoms with Crippen LogP contribution in [0.5, 0.6) is 0 Å². The second-order valence-corrected chi connectivity index (χ2v) is 6.84. The summed E-state index contributed by atoms with van der Waals surface area (Å²) in [4.78, 5) is 36.1. The molecule has 1 fully saturated rings. The van der Waals surface area contributed by atoms with Crippen LogP contribution in [0, 0.1) is 6.92 Å². The van der Waals surface area contributed by atoms with Crippen molar-refractivity contribution in [2.75, 3.05) is 26.2 Å². The third-order valence-corrected chi connectivity index (χ3v) is 4.90. The van der Waals surface area contributed by atoms with Gasteiger partial charge in [-0.25, -0.2) is 4.98 Å². The van der Waals surface area contributed by atoms with Gasteiger partial charge in [0, 0.05) is 45.5 Å². The number of benzene rings is 1. The Morgan fingerprint density at radius 1 is 1.15 bits per heavy atom. The van der Waals surface area contributed by atoms with Crippen LogP contribution in [-0.2, 0) is 11.2 Å². The van der Waals surface area contributed by atoms with Crippen LogP contribution in [0.25, 0.3) is 11.1 Å². The number of nitrogens with one attached hydrogen (secondary N) is 1. The van der Waals surface area contributed by atoms with E-state index in [0.717, 1.165) is 17.5 Å². The lowest BCUT2D eigenvalue weighted by Gasteiger charge is -2.22. The second-order valence-electron chi connectivity index (χ2n) is 6.84. The first-order chi connectivity index (χ1) is 13.1. The van der Waals surface area contributed by atoms with Gasteiger partial charge in [-0.2, -0.15) is 0 Å². The van der Waals surface area contributed by atoms with E-state index in [9.17, 15) is 9.59 Å². The molecular weight excluding hydrogens is 344 g/mol. The highest BCUT2D eigenvalue weighted by Gasteiger charge is 2.23. The number of carbonyl (C=O) groups excluding carboxylic acids is 2. The van der Waals surface area contributed by atoms with Gasteiger partial charge in [-0.05, 0) is 30.2 Å². The summed E-state index contributed by atoms with van der Waals surface area (Å²) in [6, 6.07) is 7.46. The number of rotatable bonds is 3. The number of aromatic amines is 1. The van der Waals surface area contributed by atoms with Gasteiger partial charge in [-0.15, -0.1) is 0 Å². The molecule has 0 spiro atoms. The topological polar surface area (TPSA) is 82.4 Å². The molecule has 2 amide bonds. The van der Waals surface area contributed by atoms with Crippen molar-refractivity contribution in [3.8, 4) is 0 Å². The first-order valence-corrected chi connectivity index (χ1v) is 9.16. The molecule has 0 aliphatic carbocycles. The van der Waals surface area contributed by atoms with Crippen LogP contribution in [0.4, 0.5) is 0 Å². The molecule has 7 heteroatoms. The smallest absolute Gasteiger partial charge is 0.255 e. The number of oxazole rings is 1. The summed E-state index contributed by atoms with van der Waals surface area (Å²) in [7, 11) is 0. The van der Waals surface area contributed by atoms with E-state index in [2.05, 4.69) is 9.97 Å². The Hall–Kier alpha value is -3.09. The molecule has 1 aromatic carbocycles. The zero-order valence-electron chi connectivity index (χ0n) is 15.3. The molecule has 1 aliphatic rings. The average Bonchev–Trinajstić information content (AvgIpc) is 3.23. The first kappa shape index (κ1) is 17.3. The third-order valence-electron chi connectivity index (χ3n) is 4.90. The number of aryl methyl sites for hydroxylation is 1. The Morgan fingerprint density at radius 3 is 2.78 bits per heavy atom. The van der Waals surface area contributed by atoms with Gasteiger partial charge in [0.25, 0.3) is 5.91 Å². The monoisotopic (exact) mass is 366 g/mol. The number of amides is 2. The molecule has 1 saturated heterocycles. The lowest BCUT2D eigenvalue weighted by molar-refractivity contribution is -0.130. The maximum Gasteiger partial charge on any atom is 0.255 e. The molecule has 0 unspecified atom stereocenters. The standard InChI is InChI=1S/C20H22N4O3/c1-14-22-17-4-3-15(11-18(17)27-14)12-19(25)23-7-2-8-24(10-9-23)20(26)16-5-6-21-13-16/h3-6,11,13,21H,2,7-10,12H2,1H3. The van der Waals surface area contributed by atoms with Crippen LogP contribution in [0.3, 0.4) is 0 Å². The Kier molecular flexibility index (Phi) is 4.66. The number of H-pyrrole nitrogens is 1. The van der Waals surface area contributed by atoms with Crippen molar-refractivity contribution in [2.45, 2.75) is 19.8 Å². The number of fused-ring (bicyclic) bond motifs is 1. The second kappa shape index (κ2) is 7.26. The fourth-order valence-electron chi connectivity index (χ4n) is 3.49. The van der Waals surface area contributed by atoms with E-state index in [0.29, 0.717) is 49.6 Å². The molecule has 2 aromatic heterocycles. The lowest BCUT2D eigenvalue weighted by Crippen LogP contribution is -2.37. The van der Waals surface area contributed by atoms with Gasteiger partial charge < -0.3 is 19.2 Å². The van der Waals surface area contributed by atoms with Crippen LogP contribution in [0.2, 0.25) is 0 Å². The van der Waals surface area contributed by atoms with E-state index in [1.807, 2.05) is 34.9 Å². The van der Waals surface area contributed by atoms with Crippen molar-refractivity contribution in [1.29, 1.82) is 0 Å². The van der Waals surface area contributed by atoms with Gasteiger partial charge in [-0.3, -0.25) is 9.59 Å². The lowest BCUT2D eigenvalue weighted by atomic mass is 10.1. The number of carbonyl (C=O) groups is 2. The van der Waals surface area contributed by atoms with Gasteiger partial charge in [0.15, 0.2) is 11.5 Å². The molecule has 0 atom stereocenters. The minimum Gasteiger partial charge on any atom is -0.441 e. The molecule has 1 N–H and O–H groups in total. The first-order valence-electron chi connectivity index (χ1n) is 9.16. The zero-order valence-corrected chi connectivity index (χ0v) is 15.3. The van der Waals surface area contributed by atoms with Gasteiger partial charge in [0.05, 0.1) is 12.0 Å². The fraction of sp³-hybridized carbons (Fsp3) is 0.350. The fourth-order valence-corrected chi connectivity index (χ4v) is 3.49. The van der Waals surface area contributed by atoms with Crippen molar-refractivity contribution >= 4 is 22.9 Å². The van der Waals surface area contributed by atoms with E-state index in [4.69, 9.17) is 4.42 Å². The predicted octanol–water partition coefficient (Wildman–Crippen LogP) is 2.38. The summed E-state index contributed by atoms with van der Waals surface area (Å²) < 4.78 is 5.55. The summed E-state index contributed by atoms with van der Waals surface area (Å²) in [6.07, 6.45) is 4.55. The van der Waals surface area contributed by atoms with Crippen LogP contribution in [0.1, 0.15) is 28.2 Å². The van der Waals surface area contributed by atoms with E-state index in [1.165, 1.54) is 0 Å². The highest BCUT2D eigenvalue weighted by atomic mass is 16.3. The molecule has 140 valence electrons. The number of aromatic nitrogens is 2. The summed E-state index contributed by atoms with van der Waals surface area (Å²) >= 11 is 0. The minimum absolute atomic E-state index is 0.0108. The normalized spacial score (nSPS) is 15.1. The largest absolute Gasteiger partial charge is 0.441 e. The number of hydrogen-bond donors (Lipinski definition) is 1. The molecular formula is C20H22N4O3. The van der Waals surface area contributed by atoms with E-state index in [-0.39, 0.29) is 11.8 Å². The Labute approximate surface area is 157 Å². The molecule has 3 aromatic rings. The zero-order chi connectivity index (χ0) is 18.8. The summed E-state index contributed by atoms with van der Waals surface area (Å²) in [5.74, 6) is 0.700. The van der Waals surface area contributed by atoms with E-state index >= 15 is 0 Å². The van der Waals surface area contributed by atoms with Crippen molar-refractivity contribution in [3.05, 3.63) is 53.7 Å². The van der Waals surface area contributed by atoms with Crippen LogP contribution in [0.15, 0.2) is 41.1 Å². The molecule has 0 bridgehead atoms. The average molecular weight is 366 g/mol. The molecule has 0 radical (unpaired) electrons. The summed E-state index contributed by atoms with van der Waals surface area (Å²) in [5, 5.41) is 0. The SMILES string of the molecule is Cc1nc2ccc(CC(=O)N3CCCN(C(=O)c4cc[nH]c4)CC3)cc2o1. The Bertz CT molecular complexity index is 961. The quantitative estimate of drug-likeness (QED) is 0.772. The minimum atomic E-state index is 0.0108. The van der Waals surface area contributed by atoms with Gasteiger partial charge >= 0.3 is 0 Å². The maximum atomic E-state index is 12.7. The van der Waals surface area contributed by atoms with Crippen molar-refractivity contribution in [2.24, 2.45) is 0 Å². The highest BCUT2D eigenvalue weighted by Crippen LogP contribution is 2.18. The maximum absolute atomic E-state index is 12.7. The van der Waals surface area contributed by atoms with Gasteiger partial charge in [0.2, 0.25) is 5.91 Å². The van der Waals surface area contributed by atoms with Crippen molar-refractivity contribution in [1.82, 2.24) is 19.8 Å². The number of nitrogens with zero attached hydrogens (tertiary/aromatic N) is 3. The predicted molar refractivity (Wildman–Crippen MR) is 100 cm³/mol. The molecule has 1 aliphatic heterocycles. The van der Waals surface area contributed by atoms with Gasteiger partial charge in [0.1, 0.15) is 5.52 Å². The number of hydrogen-bond acceptors (Lipinski definition) is 4. The van der Waals surface area contributed by atoms with Crippen LogP contribution < -0.4 is 0 Å². The molecule has 3 heterocycles. The summed E-state index contributed by atoms with van der Waals surface area (Å²) in [6.45, 7) is 4.24. The van der Waals surface area contributed by atoms with Gasteiger partial charge in [-0.1, -0.05) is 6.07 Å². The Balaban J connectivity index is 1.39. The van der Waals surface area contributed by atoms with E-state index in [1.54, 1.807) is 18.5 Å². The van der Waals surface area contributed by atoms with Crippen molar-refractivity contribution in [3.63, 3.8) is 0 Å². The Morgan fingerprint density at radius 2 is 1.96 bits per heavy atom.